The van der Waals surface area contributed by atoms with Gasteiger partial charge < -0.3 is 14.8 Å². The minimum absolute atomic E-state index is 0.194. The van der Waals surface area contributed by atoms with E-state index >= 15 is 0 Å². The van der Waals surface area contributed by atoms with E-state index in [1.807, 2.05) is 24.3 Å². The molecule has 0 radical (unpaired) electrons. The van der Waals surface area contributed by atoms with Gasteiger partial charge >= 0.3 is 12.0 Å². The van der Waals surface area contributed by atoms with E-state index in [-0.39, 0.29) is 19.1 Å². The zero-order chi connectivity index (χ0) is 17.9. The van der Waals surface area contributed by atoms with Crippen molar-refractivity contribution in [3.63, 3.8) is 0 Å². The van der Waals surface area contributed by atoms with Gasteiger partial charge in [0.25, 0.3) is 5.91 Å². The third-order valence-corrected chi connectivity index (χ3v) is 4.80. The first-order valence-corrected chi connectivity index (χ1v) is 8.47. The lowest BCUT2D eigenvalue weighted by Crippen LogP contribution is -2.44. The minimum Gasteiger partial charge on any atom is -0.497 e. The Hall–Kier alpha value is -2.57. The molecule has 2 aliphatic rings. The maximum Gasteiger partial charge on any atom is 0.326 e. The van der Waals surface area contributed by atoms with Gasteiger partial charge in [-0.25, -0.2) is 4.79 Å². The molecular weight excluding hydrogens is 324 g/mol. The molecule has 7 nitrogen and oxygen atoms in total. The Kier molecular flexibility index (Phi) is 4.92. The zero-order valence-corrected chi connectivity index (χ0v) is 14.2. The lowest BCUT2D eigenvalue weighted by atomic mass is 9.98. The lowest BCUT2D eigenvalue weighted by molar-refractivity contribution is -0.147. The number of nitrogens with one attached hydrogen (secondary N) is 1. The number of esters is 1. The molecule has 1 N–H and O–H groups in total. The first-order chi connectivity index (χ1) is 12.0. The van der Waals surface area contributed by atoms with E-state index in [9.17, 15) is 14.4 Å². The average Bonchev–Trinajstić information content (AvgIpc) is 3.17. The molecule has 3 amide bonds. The molecule has 134 valence electrons. The summed E-state index contributed by atoms with van der Waals surface area (Å²) in [6.45, 7) is -0.144. The van der Waals surface area contributed by atoms with Crippen molar-refractivity contribution in [3.05, 3.63) is 29.8 Å². The topological polar surface area (TPSA) is 84.9 Å². The van der Waals surface area contributed by atoms with Crippen molar-refractivity contribution in [2.75, 3.05) is 20.3 Å². The minimum atomic E-state index is -0.791. The summed E-state index contributed by atoms with van der Waals surface area (Å²) in [4.78, 5) is 37.4. The van der Waals surface area contributed by atoms with Crippen molar-refractivity contribution in [2.24, 2.45) is 0 Å². The molecule has 7 heteroatoms. The smallest absolute Gasteiger partial charge is 0.326 e. The molecule has 0 bridgehead atoms. The predicted octanol–water partition coefficient (Wildman–Crippen LogP) is 1.65. The van der Waals surface area contributed by atoms with Crippen LogP contribution in [0.2, 0.25) is 0 Å². The second-order valence-electron chi connectivity index (χ2n) is 6.43. The summed E-state index contributed by atoms with van der Waals surface area (Å²) in [5.41, 5.74) is 0.217. The highest BCUT2D eigenvalue weighted by molar-refractivity contribution is 6.08. The number of hydrogen-bond acceptors (Lipinski definition) is 5. The number of ether oxygens (including phenoxy) is 2. The predicted molar refractivity (Wildman–Crippen MR) is 89.1 cm³/mol. The second kappa shape index (κ2) is 7.13. The van der Waals surface area contributed by atoms with E-state index in [0.717, 1.165) is 29.1 Å². The van der Waals surface area contributed by atoms with Crippen molar-refractivity contribution in [2.45, 2.75) is 37.6 Å². The molecule has 3 rings (SSSR count). The molecule has 0 atom stereocenters. The molecular formula is C18H22N2O5. The summed E-state index contributed by atoms with van der Waals surface area (Å²) in [6.07, 6.45) is 3.65. The van der Waals surface area contributed by atoms with Gasteiger partial charge in [0.2, 0.25) is 0 Å². The molecule has 1 saturated carbocycles. The Morgan fingerprint density at radius 1 is 1.20 bits per heavy atom. The van der Waals surface area contributed by atoms with Gasteiger partial charge in [-0.15, -0.1) is 0 Å². The first-order valence-electron chi connectivity index (χ1n) is 8.47. The van der Waals surface area contributed by atoms with Gasteiger partial charge in [-0.05, 0) is 30.5 Å². The standard InChI is InChI=1S/C18H22N2O5/c1-24-14-6-4-13(5-7-14)8-11-25-15(21)12-20-16(22)18(19-17(20)23)9-2-3-10-18/h4-7H,2-3,8-12H2,1H3,(H,19,23). The van der Waals surface area contributed by atoms with Crippen molar-refractivity contribution >= 4 is 17.9 Å². The van der Waals surface area contributed by atoms with E-state index in [1.165, 1.54) is 0 Å². The highest BCUT2D eigenvalue weighted by Gasteiger charge is 2.52. The number of methoxy groups -OCH3 is 1. The maximum absolute atomic E-state index is 12.5. The van der Waals surface area contributed by atoms with Gasteiger partial charge in [-0.2, -0.15) is 0 Å². The van der Waals surface area contributed by atoms with Crippen molar-refractivity contribution in [3.8, 4) is 5.75 Å². The Morgan fingerprint density at radius 3 is 2.52 bits per heavy atom. The highest BCUT2D eigenvalue weighted by Crippen LogP contribution is 2.34. The maximum atomic E-state index is 12.5. The molecule has 1 heterocycles. The highest BCUT2D eigenvalue weighted by atomic mass is 16.5. The van der Waals surface area contributed by atoms with E-state index in [1.54, 1.807) is 7.11 Å². The van der Waals surface area contributed by atoms with Crippen LogP contribution in [0.1, 0.15) is 31.2 Å². The third-order valence-electron chi connectivity index (χ3n) is 4.80. The Balaban J connectivity index is 1.47. The molecule has 2 fully saturated rings. The molecule has 25 heavy (non-hydrogen) atoms. The SMILES string of the molecule is COc1ccc(CCOC(=O)CN2C(=O)NC3(CCCC3)C2=O)cc1. The van der Waals surface area contributed by atoms with Gasteiger partial charge in [-0.1, -0.05) is 25.0 Å². The van der Waals surface area contributed by atoms with Gasteiger partial charge in [-0.3, -0.25) is 14.5 Å². The Bertz CT molecular complexity index is 665. The molecule has 1 aromatic carbocycles. The summed E-state index contributed by atoms with van der Waals surface area (Å²) in [7, 11) is 1.60. The summed E-state index contributed by atoms with van der Waals surface area (Å²) in [5, 5.41) is 2.75. The van der Waals surface area contributed by atoms with Crippen LogP contribution in [0.15, 0.2) is 24.3 Å². The van der Waals surface area contributed by atoms with Crippen LogP contribution in [-0.4, -0.2) is 48.6 Å². The fourth-order valence-corrected chi connectivity index (χ4v) is 3.39. The first kappa shape index (κ1) is 17.3. The lowest BCUT2D eigenvalue weighted by Gasteiger charge is -2.19. The van der Waals surface area contributed by atoms with Gasteiger partial charge in [0, 0.05) is 6.42 Å². The van der Waals surface area contributed by atoms with Crippen LogP contribution in [0.4, 0.5) is 4.79 Å². The second-order valence-corrected chi connectivity index (χ2v) is 6.43. The molecule has 1 aromatic rings. The fraction of sp³-hybridized carbons (Fsp3) is 0.500. The van der Waals surface area contributed by atoms with Crippen LogP contribution in [0, 0.1) is 0 Å². The molecule has 0 unspecified atom stereocenters. The molecule has 1 aliphatic carbocycles. The van der Waals surface area contributed by atoms with Crippen LogP contribution in [0.5, 0.6) is 5.75 Å². The number of amides is 3. The number of hydrogen-bond donors (Lipinski definition) is 1. The number of rotatable bonds is 6. The van der Waals surface area contributed by atoms with Crippen LogP contribution < -0.4 is 10.1 Å². The van der Waals surface area contributed by atoms with E-state index < -0.39 is 17.5 Å². The molecule has 1 aliphatic heterocycles. The van der Waals surface area contributed by atoms with Gasteiger partial charge in [0.1, 0.15) is 17.8 Å². The van der Waals surface area contributed by atoms with Gasteiger partial charge in [0.05, 0.1) is 13.7 Å². The zero-order valence-electron chi connectivity index (χ0n) is 14.2. The molecule has 1 saturated heterocycles. The quantitative estimate of drug-likeness (QED) is 0.625. The number of nitrogens with zero attached hydrogens (tertiary/aromatic N) is 1. The number of urea groups is 1. The Labute approximate surface area is 146 Å². The van der Waals surface area contributed by atoms with Crippen LogP contribution in [-0.2, 0) is 20.7 Å². The van der Waals surface area contributed by atoms with Crippen LogP contribution >= 0.6 is 0 Å². The number of carbonyl (C=O) groups excluding carboxylic acids is 3. The average molecular weight is 346 g/mol. The summed E-state index contributed by atoms with van der Waals surface area (Å²) in [6, 6.07) is 6.97. The van der Waals surface area contributed by atoms with E-state index in [0.29, 0.717) is 19.3 Å². The molecule has 0 aromatic heterocycles. The third kappa shape index (κ3) is 3.60. The molecule has 1 spiro atoms. The monoisotopic (exact) mass is 346 g/mol. The number of carbonyl (C=O) groups is 3. The Morgan fingerprint density at radius 2 is 1.88 bits per heavy atom. The number of imide groups is 1. The van der Waals surface area contributed by atoms with E-state index in [2.05, 4.69) is 5.32 Å². The van der Waals surface area contributed by atoms with E-state index in [4.69, 9.17) is 9.47 Å². The largest absolute Gasteiger partial charge is 0.497 e. The van der Waals surface area contributed by atoms with Crippen LogP contribution in [0.3, 0.4) is 0 Å². The number of benzene rings is 1. The fourth-order valence-electron chi connectivity index (χ4n) is 3.39. The van der Waals surface area contributed by atoms with Crippen LogP contribution in [0.25, 0.3) is 0 Å². The van der Waals surface area contributed by atoms with Crippen molar-refractivity contribution < 1.29 is 23.9 Å². The summed E-state index contributed by atoms with van der Waals surface area (Å²) >= 11 is 0. The summed E-state index contributed by atoms with van der Waals surface area (Å²) < 4.78 is 10.3. The van der Waals surface area contributed by atoms with Crippen molar-refractivity contribution in [1.29, 1.82) is 0 Å². The summed E-state index contributed by atoms with van der Waals surface area (Å²) in [5.74, 6) is -0.116. The normalized spacial score (nSPS) is 18.5. The van der Waals surface area contributed by atoms with Gasteiger partial charge in [0.15, 0.2) is 0 Å². The van der Waals surface area contributed by atoms with Crippen molar-refractivity contribution in [1.82, 2.24) is 10.2 Å².